The Balaban J connectivity index is 2.17. The van der Waals surface area contributed by atoms with Crippen LogP contribution >= 0.6 is 0 Å². The van der Waals surface area contributed by atoms with Crippen molar-refractivity contribution in [3.05, 3.63) is 35.4 Å². The van der Waals surface area contributed by atoms with Crippen LogP contribution in [0.25, 0.3) is 0 Å². The fourth-order valence-corrected chi connectivity index (χ4v) is 3.35. The van der Waals surface area contributed by atoms with E-state index in [2.05, 4.69) is 0 Å². The summed E-state index contributed by atoms with van der Waals surface area (Å²) in [5.74, 6) is -1.02. The van der Waals surface area contributed by atoms with Crippen molar-refractivity contribution in [2.24, 2.45) is 5.92 Å². The summed E-state index contributed by atoms with van der Waals surface area (Å²) >= 11 is 0. The van der Waals surface area contributed by atoms with Gasteiger partial charge in [-0.2, -0.15) is 0 Å². The highest BCUT2D eigenvalue weighted by Crippen LogP contribution is 2.29. The van der Waals surface area contributed by atoms with Gasteiger partial charge < -0.3 is 0 Å². The van der Waals surface area contributed by atoms with Gasteiger partial charge in [0.15, 0.2) is 5.78 Å². The van der Waals surface area contributed by atoms with E-state index < -0.39 is 21.8 Å². The van der Waals surface area contributed by atoms with Gasteiger partial charge in [0.2, 0.25) is 15.9 Å². The zero-order chi connectivity index (χ0) is 16.3. The largest absolute Gasteiger partial charge is 0.294 e. The number of nitrogens with one attached hydrogen (secondary N) is 1. The van der Waals surface area contributed by atoms with Crippen molar-refractivity contribution in [3.8, 4) is 0 Å². The van der Waals surface area contributed by atoms with Crippen molar-refractivity contribution < 1.29 is 18.0 Å². The number of hydrogen-bond acceptors (Lipinski definition) is 4. The molecule has 1 unspecified atom stereocenters. The highest BCUT2D eigenvalue weighted by molar-refractivity contribution is 7.89. The Morgan fingerprint density at radius 1 is 1.23 bits per heavy atom. The van der Waals surface area contributed by atoms with Crippen LogP contribution in [0.15, 0.2) is 24.3 Å². The first-order valence-electron chi connectivity index (χ1n) is 7.44. The molecule has 1 aromatic rings. The van der Waals surface area contributed by atoms with Crippen LogP contribution in [-0.2, 0) is 14.8 Å². The molecule has 120 valence electrons. The number of rotatable bonds is 5. The van der Waals surface area contributed by atoms with Crippen molar-refractivity contribution in [2.75, 3.05) is 6.26 Å². The fourth-order valence-electron chi connectivity index (χ4n) is 2.81. The summed E-state index contributed by atoms with van der Waals surface area (Å²) in [5.41, 5.74) is 1.24. The number of ketones is 1. The molecule has 0 spiro atoms. The Hall–Kier alpha value is -1.69. The predicted molar refractivity (Wildman–Crippen MR) is 84.1 cm³/mol. The Labute approximate surface area is 131 Å². The minimum absolute atomic E-state index is 0.0791. The zero-order valence-corrected chi connectivity index (χ0v) is 13.7. The average molecular weight is 323 g/mol. The molecular weight excluding hydrogens is 302 g/mol. The number of sulfonamides is 1. The van der Waals surface area contributed by atoms with Crippen LogP contribution in [0.1, 0.15) is 54.4 Å². The molecule has 0 saturated heterocycles. The molecule has 1 aliphatic rings. The molecule has 1 atom stereocenters. The van der Waals surface area contributed by atoms with Gasteiger partial charge in [-0.05, 0) is 31.4 Å². The Morgan fingerprint density at radius 3 is 2.45 bits per heavy atom. The standard InChI is InChI=1S/C16H21NO4S/c1-11(16(19)17-22(2,20)21)13-8-5-9-14(10-13)15(18)12-6-3-4-7-12/h5,8-12H,3-4,6-7H2,1-2H3,(H,17,19). The number of carbonyl (C=O) groups excluding carboxylic acids is 2. The number of hydrogen-bond donors (Lipinski definition) is 1. The van der Waals surface area contributed by atoms with E-state index in [0.29, 0.717) is 11.1 Å². The van der Waals surface area contributed by atoms with E-state index in [1.807, 2.05) is 4.72 Å². The third kappa shape index (κ3) is 4.16. The zero-order valence-electron chi connectivity index (χ0n) is 12.8. The predicted octanol–water partition coefficient (Wildman–Crippen LogP) is 2.24. The van der Waals surface area contributed by atoms with E-state index in [-0.39, 0.29) is 11.7 Å². The Kier molecular flexibility index (Phi) is 5.01. The number of Topliss-reactive ketones (excluding diaryl/α,β-unsaturated/α-hetero) is 1. The average Bonchev–Trinajstić information content (AvgIpc) is 2.98. The fraction of sp³-hybridized carbons (Fsp3) is 0.500. The van der Waals surface area contributed by atoms with E-state index in [0.717, 1.165) is 31.9 Å². The maximum Gasteiger partial charge on any atom is 0.240 e. The lowest BCUT2D eigenvalue weighted by atomic mass is 9.92. The molecule has 0 radical (unpaired) electrons. The van der Waals surface area contributed by atoms with Gasteiger partial charge in [-0.1, -0.05) is 31.0 Å². The molecule has 1 aliphatic carbocycles. The summed E-state index contributed by atoms with van der Waals surface area (Å²) in [7, 11) is -3.58. The second kappa shape index (κ2) is 6.60. The van der Waals surface area contributed by atoms with Gasteiger partial charge in [0.25, 0.3) is 0 Å². The summed E-state index contributed by atoms with van der Waals surface area (Å²) in [4.78, 5) is 24.3. The highest BCUT2D eigenvalue weighted by Gasteiger charge is 2.25. The van der Waals surface area contributed by atoms with Crippen molar-refractivity contribution in [3.63, 3.8) is 0 Å². The van der Waals surface area contributed by atoms with Crippen LogP contribution in [0.2, 0.25) is 0 Å². The van der Waals surface area contributed by atoms with Crippen molar-refractivity contribution >= 4 is 21.7 Å². The van der Waals surface area contributed by atoms with Gasteiger partial charge in [-0.3, -0.25) is 14.3 Å². The molecular formula is C16H21NO4S. The number of amides is 1. The van der Waals surface area contributed by atoms with E-state index in [9.17, 15) is 18.0 Å². The van der Waals surface area contributed by atoms with E-state index in [1.165, 1.54) is 0 Å². The second-order valence-electron chi connectivity index (χ2n) is 5.93. The van der Waals surface area contributed by atoms with Crippen molar-refractivity contribution in [2.45, 2.75) is 38.5 Å². The molecule has 1 amide bonds. The normalized spacial score (nSPS) is 17.2. The molecule has 0 aliphatic heterocycles. The summed E-state index contributed by atoms with van der Waals surface area (Å²) in [5, 5.41) is 0. The first-order valence-corrected chi connectivity index (χ1v) is 9.33. The first kappa shape index (κ1) is 16.7. The Bertz CT molecular complexity index is 675. The van der Waals surface area contributed by atoms with Crippen LogP contribution in [0, 0.1) is 5.92 Å². The summed E-state index contributed by atoms with van der Waals surface area (Å²) in [6.45, 7) is 1.62. The van der Waals surface area contributed by atoms with Gasteiger partial charge >= 0.3 is 0 Å². The minimum Gasteiger partial charge on any atom is -0.294 e. The molecule has 5 nitrogen and oxygen atoms in total. The quantitative estimate of drug-likeness (QED) is 0.843. The van der Waals surface area contributed by atoms with Crippen LogP contribution in [0.4, 0.5) is 0 Å². The lowest BCUT2D eigenvalue weighted by molar-refractivity contribution is -0.120. The van der Waals surface area contributed by atoms with Crippen LogP contribution in [0.3, 0.4) is 0 Å². The van der Waals surface area contributed by atoms with Gasteiger partial charge in [0, 0.05) is 11.5 Å². The second-order valence-corrected chi connectivity index (χ2v) is 7.68. The SMILES string of the molecule is CC(C(=O)NS(C)(=O)=O)c1cccc(C(=O)C2CCCC2)c1. The van der Waals surface area contributed by atoms with Crippen LogP contribution < -0.4 is 4.72 Å². The lowest BCUT2D eigenvalue weighted by Gasteiger charge is -2.14. The third-order valence-corrected chi connectivity index (χ3v) is 4.65. The molecule has 22 heavy (non-hydrogen) atoms. The minimum atomic E-state index is -3.58. The van der Waals surface area contributed by atoms with Crippen LogP contribution in [-0.4, -0.2) is 26.4 Å². The smallest absolute Gasteiger partial charge is 0.240 e. The molecule has 0 bridgehead atoms. The van der Waals surface area contributed by atoms with E-state index >= 15 is 0 Å². The molecule has 1 fully saturated rings. The van der Waals surface area contributed by atoms with Gasteiger partial charge in [-0.15, -0.1) is 0 Å². The van der Waals surface area contributed by atoms with Gasteiger partial charge in [0.1, 0.15) is 0 Å². The van der Waals surface area contributed by atoms with Crippen molar-refractivity contribution in [1.82, 2.24) is 4.72 Å². The summed E-state index contributed by atoms with van der Waals surface area (Å²) < 4.78 is 24.3. The monoisotopic (exact) mass is 323 g/mol. The summed E-state index contributed by atoms with van der Waals surface area (Å²) in [6.07, 6.45) is 4.96. The molecule has 1 saturated carbocycles. The van der Waals surface area contributed by atoms with Gasteiger partial charge in [-0.25, -0.2) is 8.42 Å². The first-order chi connectivity index (χ1) is 10.3. The lowest BCUT2D eigenvalue weighted by Crippen LogP contribution is -2.32. The van der Waals surface area contributed by atoms with E-state index in [4.69, 9.17) is 0 Å². The summed E-state index contributed by atoms with van der Waals surface area (Å²) in [6, 6.07) is 6.93. The van der Waals surface area contributed by atoms with Crippen LogP contribution in [0.5, 0.6) is 0 Å². The topological polar surface area (TPSA) is 80.3 Å². The molecule has 2 rings (SSSR count). The maximum absolute atomic E-state index is 12.4. The maximum atomic E-state index is 12.4. The van der Waals surface area contributed by atoms with E-state index in [1.54, 1.807) is 31.2 Å². The molecule has 0 aromatic heterocycles. The third-order valence-electron chi connectivity index (χ3n) is 4.08. The molecule has 1 N–H and O–H groups in total. The molecule has 0 heterocycles. The Morgan fingerprint density at radius 2 is 1.86 bits per heavy atom. The van der Waals surface area contributed by atoms with Crippen molar-refractivity contribution in [1.29, 1.82) is 0 Å². The molecule has 6 heteroatoms. The van der Waals surface area contributed by atoms with Gasteiger partial charge in [0.05, 0.1) is 12.2 Å². The molecule has 1 aromatic carbocycles. The number of carbonyl (C=O) groups is 2. The highest BCUT2D eigenvalue weighted by atomic mass is 32.2. The number of benzene rings is 1.